The smallest absolute Gasteiger partial charge is 0.230 e. The minimum absolute atomic E-state index is 0.134. The van der Waals surface area contributed by atoms with Crippen molar-refractivity contribution in [2.24, 2.45) is 0 Å². The first-order valence-corrected chi connectivity index (χ1v) is 10.4. The van der Waals surface area contributed by atoms with E-state index in [0.717, 1.165) is 16.8 Å². The Bertz CT molecular complexity index is 1120. The van der Waals surface area contributed by atoms with Crippen molar-refractivity contribution >= 4 is 63.1 Å². The number of rotatable bonds is 5. The Hall–Kier alpha value is -2.47. The summed E-state index contributed by atoms with van der Waals surface area (Å²) < 4.78 is 0. The average molecular weight is 445 g/mol. The van der Waals surface area contributed by atoms with Gasteiger partial charge in [-0.1, -0.05) is 35.3 Å². The van der Waals surface area contributed by atoms with Crippen LogP contribution in [0.5, 0.6) is 0 Å². The first kappa shape index (κ1) is 21.2. The number of allylic oxidation sites excluding steroid dienone is 1. The maximum Gasteiger partial charge on any atom is 0.230 e. The predicted octanol–water partition coefficient (Wildman–Crippen LogP) is 6.65. The second kappa shape index (κ2) is 8.91. The van der Waals surface area contributed by atoms with E-state index < -0.39 is 0 Å². The number of hydrogen-bond acceptors (Lipinski definition) is 4. The Labute approximate surface area is 183 Å². The van der Waals surface area contributed by atoms with Gasteiger partial charge >= 0.3 is 0 Å². The number of anilines is 2. The van der Waals surface area contributed by atoms with Gasteiger partial charge in [0.25, 0.3) is 0 Å². The van der Waals surface area contributed by atoms with Gasteiger partial charge in [-0.05, 0) is 61.4 Å². The van der Waals surface area contributed by atoms with E-state index in [-0.39, 0.29) is 11.7 Å². The van der Waals surface area contributed by atoms with E-state index in [0.29, 0.717) is 26.4 Å². The number of nitrogens with zero attached hydrogens (tertiary/aromatic N) is 2. The van der Waals surface area contributed by atoms with Gasteiger partial charge in [0.1, 0.15) is 0 Å². The van der Waals surface area contributed by atoms with Crippen molar-refractivity contribution in [3.63, 3.8) is 0 Å². The van der Waals surface area contributed by atoms with Crippen LogP contribution in [0, 0.1) is 13.8 Å². The molecule has 1 heterocycles. The molecule has 0 atom stereocenters. The number of thiazole rings is 1. The molecule has 2 aromatic carbocycles. The third kappa shape index (κ3) is 4.75. The Morgan fingerprint density at radius 3 is 2.62 bits per heavy atom. The van der Waals surface area contributed by atoms with Gasteiger partial charge in [0.2, 0.25) is 5.91 Å². The molecule has 3 aromatic rings. The monoisotopic (exact) mass is 444 g/mol. The first-order chi connectivity index (χ1) is 13.8. The van der Waals surface area contributed by atoms with Gasteiger partial charge in [-0.25, -0.2) is 4.98 Å². The molecule has 0 spiro atoms. The highest BCUT2D eigenvalue weighted by Gasteiger charge is 2.20. The molecule has 0 saturated carbocycles. The molecular weight excluding hydrogens is 427 g/mol. The van der Waals surface area contributed by atoms with E-state index in [9.17, 15) is 9.59 Å². The molecule has 3 rings (SSSR count). The van der Waals surface area contributed by atoms with Crippen LogP contribution in [0.3, 0.4) is 0 Å². The van der Waals surface area contributed by atoms with Crippen molar-refractivity contribution in [1.29, 1.82) is 0 Å². The zero-order chi connectivity index (χ0) is 21.1. The van der Waals surface area contributed by atoms with Crippen molar-refractivity contribution < 1.29 is 9.59 Å². The van der Waals surface area contributed by atoms with Crippen LogP contribution in [0.15, 0.2) is 47.9 Å². The summed E-state index contributed by atoms with van der Waals surface area (Å²) in [4.78, 5) is 30.8. The molecule has 29 heavy (non-hydrogen) atoms. The van der Waals surface area contributed by atoms with E-state index >= 15 is 0 Å². The van der Waals surface area contributed by atoms with Crippen LogP contribution in [0.25, 0.3) is 6.08 Å². The van der Waals surface area contributed by atoms with E-state index in [1.807, 2.05) is 32.0 Å². The molecule has 1 amide bonds. The lowest BCUT2D eigenvalue weighted by atomic mass is 10.1. The van der Waals surface area contributed by atoms with Crippen molar-refractivity contribution in [3.8, 4) is 0 Å². The quantitative estimate of drug-likeness (QED) is 0.327. The molecule has 0 aliphatic rings. The normalized spacial score (nSPS) is 11.1. The maximum absolute atomic E-state index is 12.4. The summed E-state index contributed by atoms with van der Waals surface area (Å²) in [6.45, 7) is 5.48. The molecule has 1 aromatic heterocycles. The largest absolute Gasteiger partial charge is 0.289 e. The third-order valence-electron chi connectivity index (χ3n) is 4.43. The molecule has 0 aliphatic heterocycles. The Balaban J connectivity index is 1.88. The zero-order valence-corrected chi connectivity index (χ0v) is 18.4. The average Bonchev–Trinajstić information content (AvgIpc) is 3.13. The maximum atomic E-state index is 12.4. The minimum Gasteiger partial charge on any atom is -0.289 e. The lowest BCUT2D eigenvalue weighted by molar-refractivity contribution is -0.115. The number of aryl methyl sites for hydroxylation is 1. The summed E-state index contributed by atoms with van der Waals surface area (Å²) in [6.07, 6.45) is 2.99. The highest BCUT2D eigenvalue weighted by atomic mass is 35.5. The number of carbonyl (C=O) groups is 2. The van der Waals surface area contributed by atoms with Crippen LogP contribution in [-0.2, 0) is 4.79 Å². The van der Waals surface area contributed by atoms with Gasteiger partial charge in [-0.3, -0.25) is 14.5 Å². The summed E-state index contributed by atoms with van der Waals surface area (Å²) in [5.74, 6) is -0.407. The molecule has 4 nitrogen and oxygen atoms in total. The number of carbonyl (C=O) groups excluding carboxylic acids is 2. The van der Waals surface area contributed by atoms with E-state index in [1.54, 1.807) is 28.5 Å². The summed E-state index contributed by atoms with van der Waals surface area (Å²) in [5.41, 5.74) is 3.80. The van der Waals surface area contributed by atoms with Crippen molar-refractivity contribution in [2.45, 2.75) is 20.8 Å². The molecule has 0 unspecified atom stereocenters. The standard InChI is InChI=1S/C22H18Cl2N2O2S/c1-13-5-4-6-20(14(13)2)26(15(3)27)22-25-17(12-29-22)8-10-21(28)18-11-16(23)7-9-19(18)24/h4-12H,1-3H3/b10-8+. The third-order valence-corrected chi connectivity index (χ3v) is 5.84. The lowest BCUT2D eigenvalue weighted by Crippen LogP contribution is -2.23. The van der Waals surface area contributed by atoms with Gasteiger partial charge < -0.3 is 0 Å². The summed E-state index contributed by atoms with van der Waals surface area (Å²) in [7, 11) is 0. The number of ketones is 1. The molecule has 148 valence electrons. The number of hydrogen-bond donors (Lipinski definition) is 0. The topological polar surface area (TPSA) is 50.3 Å². The second-order valence-electron chi connectivity index (χ2n) is 6.45. The van der Waals surface area contributed by atoms with E-state index in [2.05, 4.69) is 4.98 Å². The Morgan fingerprint density at radius 2 is 1.90 bits per heavy atom. The van der Waals surface area contributed by atoms with Crippen LogP contribution < -0.4 is 4.90 Å². The number of aromatic nitrogens is 1. The number of halogens is 2. The van der Waals surface area contributed by atoms with Crippen LogP contribution in [0.1, 0.15) is 34.1 Å². The van der Waals surface area contributed by atoms with Crippen molar-refractivity contribution in [1.82, 2.24) is 4.98 Å². The van der Waals surface area contributed by atoms with Crippen molar-refractivity contribution in [3.05, 3.63) is 80.3 Å². The van der Waals surface area contributed by atoms with Crippen LogP contribution in [-0.4, -0.2) is 16.7 Å². The van der Waals surface area contributed by atoms with Crippen LogP contribution in [0.4, 0.5) is 10.8 Å². The fraction of sp³-hybridized carbons (Fsp3) is 0.136. The fourth-order valence-corrected chi connectivity index (χ4v) is 4.01. The SMILES string of the molecule is CC(=O)N(c1nc(/C=C/C(=O)c2cc(Cl)ccc2Cl)cs1)c1cccc(C)c1C. The Morgan fingerprint density at radius 1 is 1.14 bits per heavy atom. The molecule has 0 bridgehead atoms. The summed E-state index contributed by atoms with van der Waals surface area (Å²) in [6, 6.07) is 10.5. The van der Waals surface area contributed by atoms with Gasteiger partial charge in [-0.2, -0.15) is 0 Å². The Kier molecular flexibility index (Phi) is 6.52. The van der Waals surface area contributed by atoms with Gasteiger partial charge in [0, 0.05) is 22.9 Å². The van der Waals surface area contributed by atoms with E-state index in [4.69, 9.17) is 23.2 Å². The van der Waals surface area contributed by atoms with E-state index in [1.165, 1.54) is 30.4 Å². The first-order valence-electron chi connectivity index (χ1n) is 8.78. The summed E-state index contributed by atoms with van der Waals surface area (Å²) in [5, 5.41) is 3.10. The summed E-state index contributed by atoms with van der Waals surface area (Å²) >= 11 is 13.4. The molecule has 0 fully saturated rings. The molecule has 0 aliphatic carbocycles. The number of benzene rings is 2. The molecule has 7 heteroatoms. The molecule has 0 N–H and O–H groups in total. The van der Waals surface area contributed by atoms with Crippen molar-refractivity contribution in [2.75, 3.05) is 4.90 Å². The van der Waals surface area contributed by atoms with Gasteiger partial charge in [0.15, 0.2) is 10.9 Å². The number of amides is 1. The highest BCUT2D eigenvalue weighted by Crippen LogP contribution is 2.32. The lowest BCUT2D eigenvalue weighted by Gasteiger charge is -2.21. The predicted molar refractivity (Wildman–Crippen MR) is 121 cm³/mol. The van der Waals surface area contributed by atoms with Crippen LogP contribution >= 0.6 is 34.5 Å². The fourth-order valence-electron chi connectivity index (χ4n) is 2.78. The zero-order valence-electron chi connectivity index (χ0n) is 16.1. The van der Waals surface area contributed by atoms with Crippen LogP contribution in [0.2, 0.25) is 10.0 Å². The highest BCUT2D eigenvalue weighted by molar-refractivity contribution is 7.14. The second-order valence-corrected chi connectivity index (χ2v) is 8.13. The molecule has 0 saturated heterocycles. The molecular formula is C22H18Cl2N2O2S. The van der Waals surface area contributed by atoms with Gasteiger partial charge in [-0.15, -0.1) is 11.3 Å². The molecule has 0 radical (unpaired) electrons. The van der Waals surface area contributed by atoms with Gasteiger partial charge in [0.05, 0.1) is 16.4 Å². The minimum atomic E-state index is -0.273.